The van der Waals surface area contributed by atoms with E-state index in [1.54, 1.807) is 14.0 Å². The summed E-state index contributed by atoms with van der Waals surface area (Å²) < 4.78 is 7.91. The van der Waals surface area contributed by atoms with Gasteiger partial charge in [0.2, 0.25) is 5.91 Å². The maximum Gasteiger partial charge on any atom is 0.251 e. The van der Waals surface area contributed by atoms with Crippen LogP contribution in [0.4, 0.5) is 0 Å². The van der Waals surface area contributed by atoms with Crippen molar-refractivity contribution in [1.82, 2.24) is 14.8 Å². The van der Waals surface area contributed by atoms with E-state index in [9.17, 15) is 9.59 Å². The fraction of sp³-hybridized carbons (Fsp3) is 0.500. The molecule has 2 unspecified atom stereocenters. The van der Waals surface area contributed by atoms with Crippen LogP contribution < -0.4 is 5.32 Å². The number of likely N-dealkylation sites (tertiary alicyclic amines) is 1. The van der Waals surface area contributed by atoms with E-state index >= 15 is 0 Å². The second kappa shape index (κ2) is 14.6. The molecule has 0 aliphatic carbocycles. The maximum atomic E-state index is 14.1. The van der Waals surface area contributed by atoms with Crippen LogP contribution in [0, 0.1) is 0 Å². The van der Waals surface area contributed by atoms with Gasteiger partial charge in [0, 0.05) is 59.7 Å². The highest BCUT2D eigenvalue weighted by Crippen LogP contribution is 2.40. The van der Waals surface area contributed by atoms with Crippen LogP contribution in [-0.4, -0.2) is 47.5 Å². The van der Waals surface area contributed by atoms with E-state index in [1.807, 2.05) is 4.90 Å². The number of hydrogen-bond donors (Lipinski definition) is 1. The maximum absolute atomic E-state index is 14.1. The van der Waals surface area contributed by atoms with Crippen LogP contribution in [0.5, 0.6) is 0 Å². The number of hydrogen-bond acceptors (Lipinski definition) is 3. The summed E-state index contributed by atoms with van der Waals surface area (Å²) in [5, 5.41) is 4.27. The third kappa shape index (κ3) is 7.26. The van der Waals surface area contributed by atoms with Crippen molar-refractivity contribution in [2.75, 3.05) is 20.2 Å². The van der Waals surface area contributed by atoms with Crippen molar-refractivity contribution < 1.29 is 14.3 Å². The van der Waals surface area contributed by atoms with Crippen molar-refractivity contribution in [3.63, 3.8) is 0 Å². The zero-order valence-corrected chi connectivity index (χ0v) is 26.2. The van der Waals surface area contributed by atoms with Crippen LogP contribution in [0.25, 0.3) is 16.7 Å². The van der Waals surface area contributed by atoms with Crippen molar-refractivity contribution in [2.24, 2.45) is 0 Å². The number of nitrogens with zero attached hydrogens (tertiary/aromatic N) is 2. The van der Waals surface area contributed by atoms with Crippen molar-refractivity contribution in [3.05, 3.63) is 77.6 Å². The average molecular weight is 572 g/mol. The zero-order valence-electron chi connectivity index (χ0n) is 26.2. The Hall–Kier alpha value is -3.54. The Morgan fingerprint density at radius 1 is 1.17 bits per heavy atom. The molecule has 4 rings (SSSR count). The van der Waals surface area contributed by atoms with Gasteiger partial charge in [-0.15, -0.1) is 0 Å². The monoisotopic (exact) mass is 571 g/mol. The number of carbonyl (C=O) groups excluding carboxylic acids is 2. The first-order chi connectivity index (χ1) is 20.2. The van der Waals surface area contributed by atoms with Gasteiger partial charge in [0.05, 0.1) is 13.7 Å². The Kier molecular flexibility index (Phi) is 10.9. The quantitative estimate of drug-likeness (QED) is 0.249. The number of piperidine rings is 1. The highest BCUT2D eigenvalue weighted by Gasteiger charge is 2.29. The van der Waals surface area contributed by atoms with Crippen molar-refractivity contribution in [2.45, 2.75) is 97.1 Å². The van der Waals surface area contributed by atoms with Crippen LogP contribution in [0.3, 0.4) is 0 Å². The molecular formula is C36H49N3O3. The van der Waals surface area contributed by atoms with Gasteiger partial charge in [-0.1, -0.05) is 89.1 Å². The van der Waals surface area contributed by atoms with Gasteiger partial charge in [0.25, 0.3) is 5.91 Å². The Labute approximate surface area is 252 Å². The molecule has 0 bridgehead atoms. The number of methoxy groups -OCH3 is 1. The fourth-order valence-corrected chi connectivity index (χ4v) is 6.51. The third-order valence-electron chi connectivity index (χ3n) is 8.82. The van der Waals surface area contributed by atoms with Gasteiger partial charge >= 0.3 is 0 Å². The number of amides is 2. The lowest BCUT2D eigenvalue weighted by Gasteiger charge is -2.33. The lowest BCUT2D eigenvalue weighted by atomic mass is 9.88. The molecule has 0 radical (unpaired) electrons. The van der Waals surface area contributed by atoms with Gasteiger partial charge < -0.3 is 19.5 Å². The van der Waals surface area contributed by atoms with Crippen molar-refractivity contribution in [1.29, 1.82) is 0 Å². The second-order valence-electron chi connectivity index (χ2n) is 12.0. The average Bonchev–Trinajstić information content (AvgIpc) is 3.29. The molecule has 2 aliphatic rings. The third-order valence-corrected chi connectivity index (χ3v) is 8.82. The minimum absolute atomic E-state index is 0.0114. The van der Waals surface area contributed by atoms with Gasteiger partial charge in [-0.05, 0) is 43.2 Å². The summed E-state index contributed by atoms with van der Waals surface area (Å²) in [6, 6.07) is 6.65. The Morgan fingerprint density at radius 3 is 2.62 bits per heavy atom. The topological polar surface area (TPSA) is 63.6 Å². The molecule has 2 aromatic rings. The normalized spacial score (nSPS) is 21.4. The lowest BCUT2D eigenvalue weighted by molar-refractivity contribution is -0.128. The van der Waals surface area contributed by atoms with Crippen LogP contribution in [0.2, 0.25) is 0 Å². The molecule has 0 saturated carbocycles. The number of unbranched alkanes of at least 4 members (excludes halogenated alkanes) is 2. The minimum atomic E-state index is -0.0114. The molecule has 6 nitrogen and oxygen atoms in total. The largest absolute Gasteiger partial charge is 0.497 e. The van der Waals surface area contributed by atoms with E-state index in [2.05, 4.69) is 85.8 Å². The van der Waals surface area contributed by atoms with E-state index in [0.717, 1.165) is 35.9 Å². The van der Waals surface area contributed by atoms with Gasteiger partial charge in [-0.25, -0.2) is 0 Å². The summed E-state index contributed by atoms with van der Waals surface area (Å²) in [6.45, 7) is 14.3. The first-order valence-corrected chi connectivity index (χ1v) is 15.7. The summed E-state index contributed by atoms with van der Waals surface area (Å²) in [5.41, 5.74) is 5.55. The van der Waals surface area contributed by atoms with Crippen molar-refractivity contribution in [3.8, 4) is 0 Å². The van der Waals surface area contributed by atoms with Crippen LogP contribution in [0.1, 0.15) is 101 Å². The molecule has 2 atom stereocenters. The van der Waals surface area contributed by atoms with Gasteiger partial charge in [0.15, 0.2) is 0 Å². The molecule has 1 aromatic heterocycles. The highest BCUT2D eigenvalue weighted by atomic mass is 16.5. The summed E-state index contributed by atoms with van der Waals surface area (Å²) in [6.07, 6.45) is 17.7. The number of benzene rings is 1. The van der Waals surface area contributed by atoms with E-state index in [1.165, 1.54) is 35.9 Å². The van der Waals surface area contributed by atoms with Gasteiger partial charge in [-0.3, -0.25) is 9.59 Å². The smallest absolute Gasteiger partial charge is 0.251 e. The van der Waals surface area contributed by atoms with Crippen molar-refractivity contribution >= 4 is 28.5 Å². The Bertz CT molecular complexity index is 1370. The number of carbonyl (C=O) groups is 2. The number of ether oxygens (including phenoxy) is 1. The first-order valence-electron chi connectivity index (χ1n) is 15.7. The minimum Gasteiger partial charge on any atom is -0.497 e. The SMILES string of the molecule is C=C(OC)c1ccc2c(C(C)CCCCC)c3n(c2c1)C/C(C(=O)N1CCC(NC(C)=O)CC1)=C\C/C=C\C=C/C3C. The molecular weight excluding hydrogens is 522 g/mol. The number of aromatic nitrogens is 1. The molecule has 6 heteroatoms. The number of allylic oxidation sites excluding steroid dienone is 5. The molecule has 226 valence electrons. The van der Waals surface area contributed by atoms with E-state index < -0.39 is 0 Å². The fourth-order valence-electron chi connectivity index (χ4n) is 6.51. The molecule has 1 aromatic carbocycles. The van der Waals surface area contributed by atoms with Crippen LogP contribution in [-0.2, 0) is 20.9 Å². The van der Waals surface area contributed by atoms with E-state index in [0.29, 0.717) is 37.7 Å². The molecule has 0 spiro atoms. The Balaban J connectivity index is 1.80. The first kappa shape index (κ1) is 31.4. The van der Waals surface area contributed by atoms with E-state index in [-0.39, 0.29) is 23.8 Å². The molecule has 3 heterocycles. The predicted octanol–water partition coefficient (Wildman–Crippen LogP) is 7.62. The summed E-state index contributed by atoms with van der Waals surface area (Å²) in [5.74, 6) is 1.27. The Morgan fingerprint density at radius 2 is 1.93 bits per heavy atom. The van der Waals surface area contributed by atoms with Gasteiger partial charge in [-0.2, -0.15) is 0 Å². The number of nitrogens with one attached hydrogen (secondary N) is 1. The molecule has 2 amide bonds. The van der Waals surface area contributed by atoms with Gasteiger partial charge in [0.1, 0.15) is 5.76 Å². The number of fused-ring (bicyclic) bond motifs is 3. The zero-order chi connectivity index (χ0) is 30.2. The lowest BCUT2D eigenvalue weighted by Crippen LogP contribution is -2.46. The van der Waals surface area contributed by atoms with Crippen LogP contribution >= 0.6 is 0 Å². The standard InChI is InChI=1S/C36H49N3O3/c1-7-8-11-14-25(2)34-32-18-17-29(27(4)42-6)23-33(32)39-24-30(16-13-10-9-12-15-26(3)35(34)39)36(41)38-21-19-31(20-22-38)37-28(5)40/h9-10,12,15-18,23,25-26,31H,4,7-8,11,13-14,19-22,24H2,1-3,5-6H3,(H,37,40)/b10-9-,15-12-,30-16+. The predicted molar refractivity (Wildman–Crippen MR) is 173 cm³/mol. The molecule has 1 N–H and O–H groups in total. The molecule has 1 saturated heterocycles. The second-order valence-corrected chi connectivity index (χ2v) is 12.0. The van der Waals surface area contributed by atoms with E-state index in [4.69, 9.17) is 4.74 Å². The summed E-state index contributed by atoms with van der Waals surface area (Å²) in [7, 11) is 1.65. The highest BCUT2D eigenvalue weighted by molar-refractivity contribution is 5.95. The molecule has 2 aliphatic heterocycles. The molecule has 1 fully saturated rings. The summed E-state index contributed by atoms with van der Waals surface area (Å²) >= 11 is 0. The number of rotatable bonds is 9. The van der Waals surface area contributed by atoms with Crippen LogP contribution in [0.15, 0.2) is 60.7 Å². The summed E-state index contributed by atoms with van der Waals surface area (Å²) in [4.78, 5) is 27.6. The molecule has 42 heavy (non-hydrogen) atoms.